The molecule has 0 aliphatic carbocycles. The molecule has 0 saturated heterocycles. The summed E-state index contributed by atoms with van der Waals surface area (Å²) in [5, 5.41) is 12.4. The lowest BCUT2D eigenvalue weighted by Crippen LogP contribution is -2.13. The highest BCUT2D eigenvalue weighted by atomic mass is 16.1. The summed E-state index contributed by atoms with van der Waals surface area (Å²) in [7, 11) is 0. The first-order chi connectivity index (χ1) is 14.7. The second kappa shape index (κ2) is 5.79. The molecular formula is C25H14N4O. The van der Waals surface area contributed by atoms with E-state index in [0.29, 0.717) is 33.3 Å². The molecule has 0 unspecified atom stereocenters. The number of nitrogen functional groups attached to an aromatic ring is 1. The van der Waals surface area contributed by atoms with Crippen LogP contribution in [0.1, 0.15) is 5.56 Å². The number of aromatic nitrogens is 2. The monoisotopic (exact) mass is 386 g/mol. The smallest absolute Gasteiger partial charge is 0.264 e. The van der Waals surface area contributed by atoms with Crippen LogP contribution in [0.3, 0.4) is 0 Å². The Bertz CT molecular complexity index is 1730. The number of anilines is 1. The molecule has 140 valence electrons. The molecule has 0 saturated carbocycles. The molecule has 30 heavy (non-hydrogen) atoms. The molecular weight excluding hydrogens is 372 g/mol. The van der Waals surface area contributed by atoms with Gasteiger partial charge in [0.25, 0.3) is 5.56 Å². The fourth-order valence-corrected chi connectivity index (χ4v) is 4.40. The minimum absolute atomic E-state index is 0.162. The number of fused-ring (bicyclic) bond motifs is 4. The van der Waals surface area contributed by atoms with E-state index in [-0.39, 0.29) is 5.56 Å². The predicted molar refractivity (Wildman–Crippen MR) is 120 cm³/mol. The van der Waals surface area contributed by atoms with E-state index in [1.54, 1.807) is 22.6 Å². The van der Waals surface area contributed by atoms with E-state index in [1.807, 2.05) is 54.6 Å². The van der Waals surface area contributed by atoms with Gasteiger partial charge in [-0.25, -0.2) is 4.98 Å². The molecule has 5 nitrogen and oxygen atoms in total. The van der Waals surface area contributed by atoms with Gasteiger partial charge in [-0.05, 0) is 47.5 Å². The summed E-state index contributed by atoms with van der Waals surface area (Å²) in [5.41, 5.74) is 11.3. The lowest BCUT2D eigenvalue weighted by atomic mass is 9.93. The van der Waals surface area contributed by atoms with Gasteiger partial charge in [0.15, 0.2) is 0 Å². The molecule has 0 aliphatic rings. The molecule has 5 heteroatoms. The van der Waals surface area contributed by atoms with Gasteiger partial charge in [0.05, 0.1) is 22.7 Å². The number of hydrogen-bond acceptors (Lipinski definition) is 4. The SMILES string of the molecule is N#Cc1ccc2nc3c4ccc(N)c5c(-c6ccccc6)ccc(c(=O)n3c2c1)c54. The van der Waals surface area contributed by atoms with Crippen molar-refractivity contribution in [3.05, 3.63) is 88.7 Å². The van der Waals surface area contributed by atoms with Gasteiger partial charge in [0.1, 0.15) is 5.65 Å². The van der Waals surface area contributed by atoms with Crippen molar-refractivity contribution >= 4 is 43.9 Å². The Labute approximate surface area is 170 Å². The van der Waals surface area contributed by atoms with Crippen LogP contribution >= 0.6 is 0 Å². The normalized spacial score (nSPS) is 11.6. The quantitative estimate of drug-likeness (QED) is 0.415. The number of nitrogens with zero attached hydrogens (tertiary/aromatic N) is 3. The van der Waals surface area contributed by atoms with Crippen molar-refractivity contribution < 1.29 is 0 Å². The van der Waals surface area contributed by atoms with Crippen molar-refractivity contribution in [2.24, 2.45) is 0 Å². The van der Waals surface area contributed by atoms with Crippen LogP contribution in [0.25, 0.3) is 49.4 Å². The average Bonchev–Trinajstić information content (AvgIpc) is 3.17. The maximum Gasteiger partial charge on any atom is 0.264 e. The van der Waals surface area contributed by atoms with E-state index in [4.69, 9.17) is 10.7 Å². The van der Waals surface area contributed by atoms with Crippen LogP contribution in [0.15, 0.2) is 77.6 Å². The van der Waals surface area contributed by atoms with Gasteiger partial charge in [-0.1, -0.05) is 36.4 Å². The number of nitrogens with two attached hydrogens (primary N) is 1. The van der Waals surface area contributed by atoms with Gasteiger partial charge in [0.2, 0.25) is 0 Å². The van der Waals surface area contributed by atoms with Crippen LogP contribution in [-0.2, 0) is 0 Å². The summed E-state index contributed by atoms with van der Waals surface area (Å²) in [6.07, 6.45) is 0. The predicted octanol–water partition coefficient (Wildman–Crippen LogP) is 4.71. The summed E-state index contributed by atoms with van der Waals surface area (Å²) in [4.78, 5) is 18.3. The van der Waals surface area contributed by atoms with Crippen molar-refractivity contribution in [3.8, 4) is 17.2 Å². The lowest BCUT2D eigenvalue weighted by Gasteiger charge is -2.14. The highest BCUT2D eigenvalue weighted by molar-refractivity contribution is 6.22. The topological polar surface area (TPSA) is 84.2 Å². The zero-order valence-electron chi connectivity index (χ0n) is 15.8. The number of nitriles is 1. The molecule has 0 fully saturated rings. The molecule has 2 heterocycles. The van der Waals surface area contributed by atoms with Gasteiger partial charge < -0.3 is 5.73 Å². The van der Waals surface area contributed by atoms with Gasteiger partial charge >= 0.3 is 0 Å². The van der Waals surface area contributed by atoms with Crippen molar-refractivity contribution in [1.29, 1.82) is 5.26 Å². The van der Waals surface area contributed by atoms with Crippen LogP contribution in [0.4, 0.5) is 5.69 Å². The van der Waals surface area contributed by atoms with Crippen molar-refractivity contribution in [2.75, 3.05) is 5.73 Å². The van der Waals surface area contributed by atoms with Gasteiger partial charge in [-0.3, -0.25) is 9.20 Å². The van der Waals surface area contributed by atoms with Crippen LogP contribution < -0.4 is 11.3 Å². The lowest BCUT2D eigenvalue weighted by molar-refractivity contribution is 1.19. The maximum absolute atomic E-state index is 13.5. The summed E-state index contributed by atoms with van der Waals surface area (Å²) >= 11 is 0. The van der Waals surface area contributed by atoms with Gasteiger partial charge in [-0.15, -0.1) is 0 Å². The second-order valence-corrected chi connectivity index (χ2v) is 7.37. The van der Waals surface area contributed by atoms with Crippen LogP contribution in [-0.4, -0.2) is 9.38 Å². The first kappa shape index (κ1) is 16.5. The van der Waals surface area contributed by atoms with Crippen LogP contribution in [0.5, 0.6) is 0 Å². The Balaban J connectivity index is 1.87. The average molecular weight is 386 g/mol. The maximum atomic E-state index is 13.5. The van der Waals surface area contributed by atoms with Crippen LogP contribution in [0, 0.1) is 11.3 Å². The number of imidazole rings is 1. The Hall–Kier alpha value is -4.43. The Morgan fingerprint density at radius 2 is 1.70 bits per heavy atom. The zero-order chi connectivity index (χ0) is 20.4. The second-order valence-electron chi connectivity index (χ2n) is 7.37. The number of hydrogen-bond donors (Lipinski definition) is 1. The molecule has 2 N–H and O–H groups in total. The molecule has 0 radical (unpaired) electrons. The van der Waals surface area contributed by atoms with Gasteiger partial charge in [0, 0.05) is 27.2 Å². The van der Waals surface area contributed by atoms with E-state index in [2.05, 4.69) is 6.07 Å². The Morgan fingerprint density at radius 3 is 2.50 bits per heavy atom. The Morgan fingerprint density at radius 1 is 0.900 bits per heavy atom. The zero-order valence-corrected chi connectivity index (χ0v) is 15.8. The largest absolute Gasteiger partial charge is 0.398 e. The Kier molecular flexibility index (Phi) is 3.19. The summed E-state index contributed by atoms with van der Waals surface area (Å²) < 4.78 is 1.60. The number of benzene rings is 4. The third-order valence-corrected chi connectivity index (χ3v) is 5.74. The summed E-state index contributed by atoms with van der Waals surface area (Å²) in [5.74, 6) is 0. The molecule has 0 atom stereocenters. The van der Waals surface area contributed by atoms with E-state index >= 15 is 0 Å². The molecule has 0 aliphatic heterocycles. The highest BCUT2D eigenvalue weighted by Crippen LogP contribution is 2.38. The molecule has 2 aromatic heterocycles. The van der Waals surface area contributed by atoms with Crippen molar-refractivity contribution in [3.63, 3.8) is 0 Å². The molecule has 0 bridgehead atoms. The molecule has 0 spiro atoms. The van der Waals surface area contributed by atoms with Crippen LogP contribution in [0.2, 0.25) is 0 Å². The fraction of sp³-hybridized carbons (Fsp3) is 0. The standard InChI is InChI=1S/C25H14N4O/c26-13-14-6-11-20-21(12-14)29-24(28-20)17-9-10-19(27)23-16(15-4-2-1-3-5-15)7-8-18(22(17)23)25(29)30/h1-12H,27H2. The van der Waals surface area contributed by atoms with E-state index < -0.39 is 0 Å². The molecule has 4 aromatic carbocycles. The first-order valence-corrected chi connectivity index (χ1v) is 9.55. The fourth-order valence-electron chi connectivity index (χ4n) is 4.40. The van der Waals surface area contributed by atoms with Crippen molar-refractivity contribution in [2.45, 2.75) is 0 Å². The first-order valence-electron chi connectivity index (χ1n) is 9.55. The van der Waals surface area contributed by atoms with E-state index in [1.165, 1.54) is 0 Å². The number of rotatable bonds is 1. The highest BCUT2D eigenvalue weighted by Gasteiger charge is 2.19. The third-order valence-electron chi connectivity index (χ3n) is 5.74. The molecule has 0 amide bonds. The molecule has 6 aromatic rings. The van der Waals surface area contributed by atoms with E-state index in [9.17, 15) is 10.1 Å². The minimum atomic E-state index is -0.162. The third kappa shape index (κ3) is 2.05. The van der Waals surface area contributed by atoms with Crippen molar-refractivity contribution in [1.82, 2.24) is 9.38 Å². The van der Waals surface area contributed by atoms with Gasteiger partial charge in [-0.2, -0.15) is 5.26 Å². The summed E-state index contributed by atoms with van der Waals surface area (Å²) in [6, 6.07) is 25.0. The summed E-state index contributed by atoms with van der Waals surface area (Å²) in [6.45, 7) is 0. The number of pyridine rings is 1. The minimum Gasteiger partial charge on any atom is -0.398 e. The van der Waals surface area contributed by atoms with E-state index in [0.717, 1.165) is 27.3 Å². The molecule has 6 rings (SSSR count).